The van der Waals surface area contributed by atoms with Gasteiger partial charge in [-0.05, 0) is 48.9 Å². The smallest absolute Gasteiger partial charge is 0.278 e. The fraction of sp³-hybridized carbons (Fsp3) is 0.407. The van der Waals surface area contributed by atoms with Gasteiger partial charge in [0, 0.05) is 25.4 Å². The van der Waals surface area contributed by atoms with Crippen LogP contribution in [0.15, 0.2) is 54.2 Å². The molecule has 2 amide bonds. The number of nitrogens with one attached hydrogen (secondary N) is 1. The van der Waals surface area contributed by atoms with E-state index in [2.05, 4.69) is 26.1 Å². The predicted octanol–water partition coefficient (Wildman–Crippen LogP) is 5.52. The second kappa shape index (κ2) is 11.1. The number of amides is 2. The van der Waals surface area contributed by atoms with E-state index in [9.17, 15) is 9.59 Å². The van der Waals surface area contributed by atoms with E-state index in [1.165, 1.54) is 10.5 Å². The van der Waals surface area contributed by atoms with Crippen LogP contribution in [0.5, 0.6) is 0 Å². The lowest BCUT2D eigenvalue weighted by molar-refractivity contribution is -0.137. The summed E-state index contributed by atoms with van der Waals surface area (Å²) in [6.45, 7) is 10.00. The summed E-state index contributed by atoms with van der Waals surface area (Å²) in [5.41, 5.74) is 4.63. The Kier molecular flexibility index (Phi) is 8.23. The number of hydrogen-bond donors (Lipinski definition) is 1. The summed E-state index contributed by atoms with van der Waals surface area (Å²) in [5.74, 6) is -0.114. The van der Waals surface area contributed by atoms with E-state index in [1.54, 1.807) is 0 Å². The largest absolute Gasteiger partial charge is 0.381 e. The number of nitrogens with zero attached hydrogens (tertiary/aromatic N) is 1. The molecule has 2 aromatic carbocycles. The predicted molar refractivity (Wildman–Crippen MR) is 129 cm³/mol. The molecule has 0 saturated carbocycles. The van der Waals surface area contributed by atoms with Gasteiger partial charge in [0.1, 0.15) is 5.70 Å². The normalized spacial score (nSPS) is 14.1. The van der Waals surface area contributed by atoms with Crippen molar-refractivity contribution in [3.05, 3.63) is 70.9 Å². The molecule has 1 heterocycles. The van der Waals surface area contributed by atoms with Gasteiger partial charge in [0.05, 0.1) is 5.57 Å². The lowest BCUT2D eigenvalue weighted by Crippen LogP contribution is -2.34. The molecule has 0 spiro atoms. The van der Waals surface area contributed by atoms with Crippen LogP contribution in [0, 0.1) is 6.92 Å². The maximum absolute atomic E-state index is 13.3. The maximum atomic E-state index is 13.3. The van der Waals surface area contributed by atoms with Gasteiger partial charge < -0.3 is 10.1 Å². The number of benzene rings is 2. The van der Waals surface area contributed by atoms with E-state index in [-0.39, 0.29) is 11.8 Å². The SMILES string of the molecule is CCCCOCCCN1C(=O)C(Nc2ccc(C(C)C)cc2)=C(c2ccc(C)cc2)C1=O. The van der Waals surface area contributed by atoms with E-state index in [0.29, 0.717) is 43.4 Å². The molecule has 0 aromatic heterocycles. The Morgan fingerprint density at radius 3 is 2.19 bits per heavy atom. The first-order chi connectivity index (χ1) is 15.4. The van der Waals surface area contributed by atoms with Crippen LogP contribution in [0.1, 0.15) is 62.6 Å². The Morgan fingerprint density at radius 1 is 0.906 bits per heavy atom. The van der Waals surface area contributed by atoms with Gasteiger partial charge in [0.25, 0.3) is 11.8 Å². The molecular weight excluding hydrogens is 400 g/mol. The van der Waals surface area contributed by atoms with Crippen LogP contribution in [0.2, 0.25) is 0 Å². The molecule has 5 nitrogen and oxygen atoms in total. The second-order valence-electron chi connectivity index (χ2n) is 8.60. The van der Waals surface area contributed by atoms with Crippen LogP contribution >= 0.6 is 0 Å². The van der Waals surface area contributed by atoms with E-state index >= 15 is 0 Å². The minimum atomic E-state index is -0.285. The summed E-state index contributed by atoms with van der Waals surface area (Å²) in [6.07, 6.45) is 2.73. The first kappa shape index (κ1) is 23.7. The lowest BCUT2D eigenvalue weighted by Gasteiger charge is -2.15. The van der Waals surface area contributed by atoms with Crippen molar-refractivity contribution in [1.29, 1.82) is 0 Å². The number of aryl methyl sites for hydroxylation is 1. The summed E-state index contributed by atoms with van der Waals surface area (Å²) in [6, 6.07) is 15.7. The third kappa shape index (κ3) is 5.65. The van der Waals surface area contributed by atoms with Crippen molar-refractivity contribution in [2.45, 2.75) is 52.9 Å². The monoisotopic (exact) mass is 434 g/mol. The molecule has 0 atom stereocenters. The molecule has 2 aromatic rings. The molecule has 0 bridgehead atoms. The van der Waals surface area contributed by atoms with Crippen LogP contribution in [-0.2, 0) is 14.3 Å². The van der Waals surface area contributed by atoms with E-state index < -0.39 is 0 Å². The fourth-order valence-electron chi connectivity index (χ4n) is 3.65. The zero-order chi connectivity index (χ0) is 23.1. The molecule has 170 valence electrons. The van der Waals surface area contributed by atoms with Crippen LogP contribution in [0.3, 0.4) is 0 Å². The number of anilines is 1. The molecule has 1 aliphatic rings. The van der Waals surface area contributed by atoms with Crippen molar-refractivity contribution in [2.24, 2.45) is 0 Å². The summed E-state index contributed by atoms with van der Waals surface area (Å²) in [5, 5.41) is 3.24. The first-order valence-electron chi connectivity index (χ1n) is 11.5. The van der Waals surface area contributed by atoms with E-state index in [1.807, 2.05) is 55.5 Å². The van der Waals surface area contributed by atoms with Crippen molar-refractivity contribution in [2.75, 3.05) is 25.1 Å². The number of imide groups is 1. The van der Waals surface area contributed by atoms with Crippen molar-refractivity contribution in [3.8, 4) is 0 Å². The highest BCUT2D eigenvalue weighted by molar-refractivity contribution is 6.36. The number of unbranched alkanes of at least 4 members (excludes halogenated alkanes) is 1. The van der Waals surface area contributed by atoms with Crippen molar-refractivity contribution >= 4 is 23.1 Å². The number of carbonyl (C=O) groups excluding carboxylic acids is 2. The van der Waals surface area contributed by atoms with Crippen molar-refractivity contribution in [1.82, 2.24) is 4.90 Å². The summed E-state index contributed by atoms with van der Waals surface area (Å²) in [7, 11) is 0. The Labute approximate surface area is 191 Å². The molecule has 0 fully saturated rings. The highest BCUT2D eigenvalue weighted by atomic mass is 16.5. The van der Waals surface area contributed by atoms with Gasteiger partial charge >= 0.3 is 0 Å². The van der Waals surface area contributed by atoms with Crippen LogP contribution in [0.4, 0.5) is 5.69 Å². The average molecular weight is 435 g/mol. The number of rotatable bonds is 11. The van der Waals surface area contributed by atoms with Gasteiger partial charge in [-0.15, -0.1) is 0 Å². The Hall–Kier alpha value is -2.92. The third-order valence-electron chi connectivity index (χ3n) is 5.67. The number of ether oxygens (including phenoxy) is 1. The van der Waals surface area contributed by atoms with Crippen LogP contribution < -0.4 is 5.32 Å². The van der Waals surface area contributed by atoms with Gasteiger partial charge in [0.2, 0.25) is 0 Å². The molecule has 0 unspecified atom stereocenters. The molecule has 0 radical (unpaired) electrons. The third-order valence-corrected chi connectivity index (χ3v) is 5.67. The van der Waals surface area contributed by atoms with Crippen LogP contribution in [-0.4, -0.2) is 36.5 Å². The van der Waals surface area contributed by atoms with Gasteiger partial charge in [-0.3, -0.25) is 14.5 Å². The molecule has 1 N–H and O–H groups in total. The summed E-state index contributed by atoms with van der Waals surface area (Å²) < 4.78 is 5.60. The first-order valence-corrected chi connectivity index (χ1v) is 11.5. The Bertz CT molecular complexity index is 959. The Balaban J connectivity index is 1.82. The quantitative estimate of drug-likeness (QED) is 0.374. The maximum Gasteiger partial charge on any atom is 0.278 e. The van der Waals surface area contributed by atoms with Gasteiger partial charge in [-0.1, -0.05) is 69.2 Å². The molecule has 3 rings (SSSR count). The number of carbonyl (C=O) groups is 2. The van der Waals surface area contributed by atoms with Gasteiger partial charge in [-0.25, -0.2) is 0 Å². The standard InChI is InChI=1S/C27H34N2O3/c1-5-6-17-32-18-7-16-29-26(30)24(22-10-8-20(4)9-11-22)25(27(29)31)28-23-14-12-21(13-15-23)19(2)3/h8-15,19,28H,5-7,16-18H2,1-4H3. The van der Waals surface area contributed by atoms with Crippen molar-refractivity contribution in [3.63, 3.8) is 0 Å². The molecule has 32 heavy (non-hydrogen) atoms. The average Bonchev–Trinajstić information content (AvgIpc) is 3.01. The highest BCUT2D eigenvalue weighted by Crippen LogP contribution is 2.31. The molecule has 1 aliphatic heterocycles. The van der Waals surface area contributed by atoms with E-state index in [0.717, 1.165) is 29.7 Å². The topological polar surface area (TPSA) is 58.6 Å². The van der Waals surface area contributed by atoms with Gasteiger partial charge in [-0.2, -0.15) is 0 Å². The minimum absolute atomic E-state index is 0.256. The summed E-state index contributed by atoms with van der Waals surface area (Å²) >= 11 is 0. The zero-order valence-corrected chi connectivity index (χ0v) is 19.6. The molecule has 0 aliphatic carbocycles. The fourth-order valence-corrected chi connectivity index (χ4v) is 3.65. The zero-order valence-electron chi connectivity index (χ0n) is 19.6. The molecule has 5 heteroatoms. The van der Waals surface area contributed by atoms with Crippen LogP contribution in [0.25, 0.3) is 5.57 Å². The highest BCUT2D eigenvalue weighted by Gasteiger charge is 2.38. The number of hydrogen-bond acceptors (Lipinski definition) is 4. The molecular formula is C27H34N2O3. The lowest BCUT2D eigenvalue weighted by atomic mass is 10.0. The Morgan fingerprint density at radius 2 is 1.56 bits per heavy atom. The van der Waals surface area contributed by atoms with E-state index in [4.69, 9.17) is 4.74 Å². The van der Waals surface area contributed by atoms with Gasteiger partial charge in [0.15, 0.2) is 0 Å². The second-order valence-corrected chi connectivity index (χ2v) is 8.60. The van der Waals surface area contributed by atoms with Crippen molar-refractivity contribution < 1.29 is 14.3 Å². The minimum Gasteiger partial charge on any atom is -0.381 e. The molecule has 0 saturated heterocycles. The summed E-state index contributed by atoms with van der Waals surface area (Å²) in [4.78, 5) is 27.9.